The monoisotopic (exact) mass is 325 g/mol. The predicted octanol–water partition coefficient (Wildman–Crippen LogP) is 2.75. The smallest absolute Gasteiger partial charge is 0.194 e. The lowest BCUT2D eigenvalue weighted by Gasteiger charge is -2.26. The summed E-state index contributed by atoms with van der Waals surface area (Å²) in [7, 11) is 1.63. The minimum absolute atomic E-state index is 0.519. The number of benzene rings is 2. The summed E-state index contributed by atoms with van der Waals surface area (Å²) in [5.74, 6) is 1.95. The number of aliphatic hydroxyl groups is 1. The first-order valence-electron chi connectivity index (χ1n) is 7.23. The second-order valence-corrected chi connectivity index (χ2v) is 6.28. The fourth-order valence-corrected chi connectivity index (χ4v) is 3.86. The van der Waals surface area contributed by atoms with Gasteiger partial charge in [-0.2, -0.15) is 0 Å². The zero-order valence-corrected chi connectivity index (χ0v) is 13.3. The van der Waals surface area contributed by atoms with Crippen molar-refractivity contribution in [3.8, 4) is 17.1 Å². The minimum atomic E-state index is -1.14. The lowest BCUT2D eigenvalue weighted by molar-refractivity contribution is 0.0304. The third kappa shape index (κ3) is 2.22. The van der Waals surface area contributed by atoms with Crippen LogP contribution in [0, 0.1) is 0 Å². The lowest BCUT2D eigenvalue weighted by Crippen LogP contribution is -2.34. The van der Waals surface area contributed by atoms with Crippen LogP contribution in [0.5, 0.6) is 5.75 Å². The highest BCUT2D eigenvalue weighted by molar-refractivity contribution is 7.99. The van der Waals surface area contributed by atoms with Gasteiger partial charge in [0.05, 0.1) is 12.9 Å². The zero-order chi connectivity index (χ0) is 15.9. The summed E-state index contributed by atoms with van der Waals surface area (Å²) in [4.78, 5) is 0. The first kappa shape index (κ1) is 14.3. The summed E-state index contributed by atoms with van der Waals surface area (Å²) in [6, 6.07) is 17.2. The summed E-state index contributed by atoms with van der Waals surface area (Å²) in [5, 5.41) is 20.5. The van der Waals surface area contributed by atoms with Crippen molar-refractivity contribution < 1.29 is 9.84 Å². The molecule has 5 nitrogen and oxygen atoms in total. The normalized spacial score (nSPS) is 19.6. The first-order chi connectivity index (χ1) is 11.2. The molecule has 4 rings (SSSR count). The van der Waals surface area contributed by atoms with Gasteiger partial charge in [-0.25, -0.2) is 0 Å². The summed E-state index contributed by atoms with van der Waals surface area (Å²) in [5.41, 5.74) is 0.585. The van der Waals surface area contributed by atoms with Gasteiger partial charge in [0.15, 0.2) is 16.7 Å². The number of thioether (sulfide) groups is 1. The predicted molar refractivity (Wildman–Crippen MR) is 88.5 cm³/mol. The molecule has 0 radical (unpaired) electrons. The van der Waals surface area contributed by atoms with E-state index in [4.69, 9.17) is 4.74 Å². The van der Waals surface area contributed by atoms with Crippen molar-refractivity contribution in [2.75, 3.05) is 12.9 Å². The second-order valence-electron chi connectivity index (χ2n) is 5.34. The van der Waals surface area contributed by atoms with Gasteiger partial charge >= 0.3 is 0 Å². The average Bonchev–Trinajstić information content (AvgIpc) is 3.18. The molecule has 1 aliphatic heterocycles. The molecule has 0 fully saturated rings. The maximum absolute atomic E-state index is 11.3. The van der Waals surface area contributed by atoms with E-state index in [-0.39, 0.29) is 0 Å². The van der Waals surface area contributed by atoms with E-state index >= 15 is 0 Å². The number of nitrogens with zero attached hydrogens (tertiary/aromatic N) is 3. The number of rotatable bonds is 3. The van der Waals surface area contributed by atoms with Gasteiger partial charge in [0.1, 0.15) is 5.75 Å². The molecule has 1 unspecified atom stereocenters. The Morgan fingerprint density at radius 1 is 1.09 bits per heavy atom. The Hall–Kier alpha value is -2.31. The van der Waals surface area contributed by atoms with Crippen molar-refractivity contribution >= 4 is 11.8 Å². The van der Waals surface area contributed by atoms with Crippen LogP contribution < -0.4 is 4.74 Å². The molecule has 0 saturated carbocycles. The second kappa shape index (κ2) is 5.40. The summed E-state index contributed by atoms with van der Waals surface area (Å²) in [6.45, 7) is 0. The molecule has 2 heterocycles. The SMILES string of the molecule is COc1ccc(-c2nnc3n2C(O)(c2ccccc2)CS3)cc1. The first-order valence-corrected chi connectivity index (χ1v) is 8.22. The van der Waals surface area contributed by atoms with E-state index in [9.17, 15) is 5.11 Å². The lowest BCUT2D eigenvalue weighted by atomic mass is 10.0. The number of methoxy groups -OCH3 is 1. The number of ether oxygens (including phenoxy) is 1. The molecule has 1 aromatic heterocycles. The van der Waals surface area contributed by atoms with E-state index in [2.05, 4.69) is 10.2 Å². The van der Waals surface area contributed by atoms with E-state index in [1.165, 1.54) is 11.8 Å². The fourth-order valence-electron chi connectivity index (χ4n) is 2.77. The molecule has 23 heavy (non-hydrogen) atoms. The van der Waals surface area contributed by atoms with Gasteiger partial charge < -0.3 is 9.84 Å². The van der Waals surface area contributed by atoms with Crippen molar-refractivity contribution in [3.63, 3.8) is 0 Å². The highest BCUT2D eigenvalue weighted by Crippen LogP contribution is 2.42. The van der Waals surface area contributed by atoms with E-state index in [0.29, 0.717) is 11.6 Å². The molecule has 6 heteroatoms. The number of aromatic nitrogens is 3. The van der Waals surface area contributed by atoms with Crippen LogP contribution in [0.1, 0.15) is 5.56 Å². The molecule has 0 amide bonds. The van der Waals surface area contributed by atoms with Crippen molar-refractivity contribution in [1.82, 2.24) is 14.8 Å². The van der Waals surface area contributed by atoms with Gasteiger partial charge in [0.25, 0.3) is 0 Å². The standard InChI is InChI=1S/C17H15N3O2S/c1-22-14-9-7-12(8-10-14)15-18-19-16-20(15)17(21,11-23-16)13-5-3-2-4-6-13/h2-10,21H,11H2,1H3. The quantitative estimate of drug-likeness (QED) is 0.802. The van der Waals surface area contributed by atoms with Gasteiger partial charge in [-0.15, -0.1) is 10.2 Å². The molecule has 0 spiro atoms. The molecule has 0 aliphatic carbocycles. The molecule has 1 N–H and O–H groups in total. The topological polar surface area (TPSA) is 60.2 Å². The van der Waals surface area contributed by atoms with Crippen molar-refractivity contribution in [3.05, 3.63) is 60.2 Å². The number of hydrogen-bond donors (Lipinski definition) is 1. The molecule has 0 bridgehead atoms. The van der Waals surface area contributed by atoms with Crippen LogP contribution in [0.15, 0.2) is 59.8 Å². The Kier molecular flexibility index (Phi) is 3.36. The highest BCUT2D eigenvalue weighted by Gasteiger charge is 2.42. The Balaban J connectivity index is 1.84. The van der Waals surface area contributed by atoms with Crippen LogP contribution in [-0.2, 0) is 5.72 Å². The summed E-state index contributed by atoms with van der Waals surface area (Å²) in [6.07, 6.45) is 0. The Labute approximate surface area is 137 Å². The summed E-state index contributed by atoms with van der Waals surface area (Å²) < 4.78 is 7.01. The van der Waals surface area contributed by atoms with Gasteiger partial charge in [0.2, 0.25) is 0 Å². The van der Waals surface area contributed by atoms with Gasteiger partial charge in [-0.1, -0.05) is 42.1 Å². The average molecular weight is 325 g/mol. The van der Waals surface area contributed by atoms with E-state index in [1.54, 1.807) is 7.11 Å². The van der Waals surface area contributed by atoms with Crippen LogP contribution in [0.2, 0.25) is 0 Å². The molecule has 1 aliphatic rings. The van der Waals surface area contributed by atoms with Gasteiger partial charge in [-0.05, 0) is 24.3 Å². The molecular formula is C17H15N3O2S. The van der Waals surface area contributed by atoms with Crippen LogP contribution in [0.4, 0.5) is 0 Å². The molecule has 3 aromatic rings. The van der Waals surface area contributed by atoms with Crippen molar-refractivity contribution in [2.45, 2.75) is 10.9 Å². The van der Waals surface area contributed by atoms with Crippen molar-refractivity contribution in [2.24, 2.45) is 0 Å². The minimum Gasteiger partial charge on any atom is -0.497 e. The maximum atomic E-state index is 11.3. The van der Waals surface area contributed by atoms with Crippen molar-refractivity contribution in [1.29, 1.82) is 0 Å². The largest absolute Gasteiger partial charge is 0.497 e. The maximum Gasteiger partial charge on any atom is 0.194 e. The third-order valence-electron chi connectivity index (χ3n) is 3.99. The van der Waals surface area contributed by atoms with E-state index in [0.717, 1.165) is 22.0 Å². The molecule has 2 aromatic carbocycles. The van der Waals surface area contributed by atoms with E-state index < -0.39 is 5.72 Å². The number of hydrogen-bond acceptors (Lipinski definition) is 5. The summed E-state index contributed by atoms with van der Waals surface area (Å²) >= 11 is 1.51. The molecule has 116 valence electrons. The van der Waals surface area contributed by atoms with Crippen LogP contribution in [-0.4, -0.2) is 32.7 Å². The highest BCUT2D eigenvalue weighted by atomic mass is 32.2. The van der Waals surface area contributed by atoms with Gasteiger partial charge in [0, 0.05) is 11.1 Å². The molecular weight excluding hydrogens is 310 g/mol. The Bertz CT molecular complexity index is 833. The third-order valence-corrected chi connectivity index (χ3v) is 5.06. The Morgan fingerprint density at radius 2 is 1.83 bits per heavy atom. The number of fused-ring (bicyclic) bond motifs is 1. The molecule has 1 atom stereocenters. The fraction of sp³-hybridized carbons (Fsp3) is 0.176. The van der Waals surface area contributed by atoms with Gasteiger partial charge in [-0.3, -0.25) is 4.57 Å². The van der Waals surface area contributed by atoms with Crippen LogP contribution in [0.25, 0.3) is 11.4 Å². The Morgan fingerprint density at radius 3 is 2.52 bits per heavy atom. The zero-order valence-electron chi connectivity index (χ0n) is 12.5. The molecule has 0 saturated heterocycles. The van der Waals surface area contributed by atoms with Crippen LogP contribution in [0.3, 0.4) is 0 Å². The van der Waals surface area contributed by atoms with Crippen LogP contribution >= 0.6 is 11.8 Å². The van der Waals surface area contributed by atoms with E-state index in [1.807, 2.05) is 59.2 Å².